The highest BCUT2D eigenvalue weighted by molar-refractivity contribution is 5.91. The summed E-state index contributed by atoms with van der Waals surface area (Å²) in [6.45, 7) is 2.33. The highest BCUT2D eigenvalue weighted by Gasteiger charge is 2.25. The van der Waals surface area contributed by atoms with Crippen LogP contribution in [0.5, 0.6) is 0 Å². The lowest BCUT2D eigenvalue weighted by molar-refractivity contribution is -0.125. The number of aromatic nitrogens is 2. The first-order valence-electron chi connectivity index (χ1n) is 8.34. The lowest BCUT2D eigenvalue weighted by atomic mass is 9.96. The molecule has 1 saturated heterocycles. The number of nitrogens with one attached hydrogen (secondary N) is 2. The Bertz CT molecular complexity index is 682. The third-order valence-corrected chi connectivity index (χ3v) is 4.19. The number of nitrogens with zero attached hydrogens (tertiary/aromatic N) is 3. The molecule has 0 bridgehead atoms. The minimum absolute atomic E-state index is 0.00584. The van der Waals surface area contributed by atoms with Gasteiger partial charge in [0.1, 0.15) is 5.82 Å². The molecule has 1 aliphatic heterocycles. The van der Waals surface area contributed by atoms with Gasteiger partial charge < -0.3 is 20.0 Å². The zero-order chi connectivity index (χ0) is 17.5. The van der Waals surface area contributed by atoms with E-state index in [-0.39, 0.29) is 23.5 Å². The van der Waals surface area contributed by atoms with Gasteiger partial charge in [0.15, 0.2) is 5.76 Å². The molecule has 0 spiro atoms. The van der Waals surface area contributed by atoms with Crippen molar-refractivity contribution in [3.8, 4) is 0 Å². The minimum Gasteiger partial charge on any atom is -0.459 e. The standard InChI is InChI=1S/C17H21N5O3/c23-16(20-7-8-21-17(24)14-2-1-11-25-14)13-3-9-22(10-4-13)15-12-18-5-6-19-15/h1-2,5-6,11-13H,3-4,7-10H2,(H,20,23)(H,21,24). The molecule has 0 radical (unpaired) electrons. The van der Waals surface area contributed by atoms with Gasteiger partial charge in [-0.15, -0.1) is 0 Å². The fourth-order valence-electron chi connectivity index (χ4n) is 2.83. The monoisotopic (exact) mass is 343 g/mol. The number of hydrogen-bond acceptors (Lipinski definition) is 6. The number of furan rings is 1. The van der Waals surface area contributed by atoms with Crippen LogP contribution in [0.25, 0.3) is 0 Å². The first-order chi connectivity index (χ1) is 12.2. The van der Waals surface area contributed by atoms with Gasteiger partial charge in [-0.3, -0.25) is 14.6 Å². The lowest BCUT2D eigenvalue weighted by Gasteiger charge is -2.31. The van der Waals surface area contributed by atoms with Crippen molar-refractivity contribution in [3.05, 3.63) is 42.7 Å². The van der Waals surface area contributed by atoms with Crippen LogP contribution in [0.3, 0.4) is 0 Å². The quantitative estimate of drug-likeness (QED) is 0.754. The molecule has 8 nitrogen and oxygen atoms in total. The largest absolute Gasteiger partial charge is 0.459 e. The highest BCUT2D eigenvalue weighted by atomic mass is 16.3. The Morgan fingerprint density at radius 3 is 2.68 bits per heavy atom. The van der Waals surface area contributed by atoms with E-state index in [1.165, 1.54) is 6.26 Å². The maximum absolute atomic E-state index is 12.2. The summed E-state index contributed by atoms with van der Waals surface area (Å²) in [6.07, 6.45) is 8.06. The number of amides is 2. The predicted molar refractivity (Wildman–Crippen MR) is 91.0 cm³/mol. The number of carbonyl (C=O) groups is 2. The molecule has 0 saturated carbocycles. The molecule has 2 amide bonds. The maximum atomic E-state index is 12.2. The fourth-order valence-corrected chi connectivity index (χ4v) is 2.83. The molecule has 132 valence electrons. The summed E-state index contributed by atoms with van der Waals surface area (Å²) in [5, 5.41) is 5.58. The summed E-state index contributed by atoms with van der Waals surface area (Å²) < 4.78 is 5.00. The molecular formula is C17H21N5O3. The Morgan fingerprint density at radius 1 is 1.20 bits per heavy atom. The Labute approximate surface area is 145 Å². The van der Waals surface area contributed by atoms with E-state index < -0.39 is 0 Å². The van der Waals surface area contributed by atoms with Crippen molar-refractivity contribution in [3.63, 3.8) is 0 Å². The number of rotatable bonds is 6. The molecule has 8 heteroatoms. The van der Waals surface area contributed by atoms with E-state index in [0.717, 1.165) is 31.7 Å². The van der Waals surface area contributed by atoms with E-state index >= 15 is 0 Å². The third kappa shape index (κ3) is 4.56. The second-order valence-electron chi connectivity index (χ2n) is 5.85. The molecule has 3 rings (SSSR count). The van der Waals surface area contributed by atoms with Gasteiger partial charge in [-0.25, -0.2) is 4.98 Å². The summed E-state index contributed by atoms with van der Waals surface area (Å²) >= 11 is 0. The van der Waals surface area contributed by atoms with E-state index in [1.54, 1.807) is 30.7 Å². The van der Waals surface area contributed by atoms with Crippen molar-refractivity contribution < 1.29 is 14.0 Å². The normalized spacial score (nSPS) is 15.0. The fraction of sp³-hybridized carbons (Fsp3) is 0.412. The summed E-state index contributed by atoms with van der Waals surface area (Å²) in [6, 6.07) is 3.25. The second kappa shape index (κ2) is 8.27. The Balaban J connectivity index is 1.35. The molecule has 0 aromatic carbocycles. The van der Waals surface area contributed by atoms with Crippen LogP contribution in [0.1, 0.15) is 23.4 Å². The van der Waals surface area contributed by atoms with E-state index in [1.807, 2.05) is 0 Å². The smallest absolute Gasteiger partial charge is 0.287 e. The van der Waals surface area contributed by atoms with Crippen LogP contribution in [0, 0.1) is 5.92 Å². The van der Waals surface area contributed by atoms with Crippen molar-refractivity contribution in [2.75, 3.05) is 31.1 Å². The Hall–Kier alpha value is -2.90. The molecule has 1 aliphatic rings. The van der Waals surface area contributed by atoms with Gasteiger partial charge in [-0.05, 0) is 25.0 Å². The summed E-state index contributed by atoms with van der Waals surface area (Å²) in [5.41, 5.74) is 0. The number of carbonyl (C=O) groups excluding carboxylic acids is 2. The third-order valence-electron chi connectivity index (χ3n) is 4.19. The molecule has 3 heterocycles. The van der Waals surface area contributed by atoms with E-state index in [2.05, 4.69) is 25.5 Å². The van der Waals surface area contributed by atoms with Crippen molar-refractivity contribution >= 4 is 17.6 Å². The molecule has 1 fully saturated rings. The molecule has 2 aromatic rings. The van der Waals surface area contributed by atoms with E-state index in [0.29, 0.717) is 13.1 Å². The van der Waals surface area contributed by atoms with Crippen molar-refractivity contribution in [2.45, 2.75) is 12.8 Å². The van der Waals surface area contributed by atoms with Crippen molar-refractivity contribution in [1.82, 2.24) is 20.6 Å². The average Bonchev–Trinajstić information content (AvgIpc) is 3.21. The molecule has 2 N–H and O–H groups in total. The minimum atomic E-state index is -0.281. The van der Waals surface area contributed by atoms with Crippen molar-refractivity contribution in [1.29, 1.82) is 0 Å². The van der Waals surface area contributed by atoms with Crippen LogP contribution in [0.2, 0.25) is 0 Å². The molecule has 0 unspecified atom stereocenters. The van der Waals surface area contributed by atoms with Gasteiger partial charge in [0, 0.05) is 44.5 Å². The van der Waals surface area contributed by atoms with Crippen LogP contribution >= 0.6 is 0 Å². The number of piperidine rings is 1. The first-order valence-corrected chi connectivity index (χ1v) is 8.34. The van der Waals surface area contributed by atoms with Gasteiger partial charge in [0.05, 0.1) is 12.5 Å². The van der Waals surface area contributed by atoms with Gasteiger partial charge in [0.25, 0.3) is 5.91 Å². The van der Waals surface area contributed by atoms with Crippen molar-refractivity contribution in [2.24, 2.45) is 5.92 Å². The van der Waals surface area contributed by atoms with Crippen LogP contribution in [0.15, 0.2) is 41.4 Å². The summed E-state index contributed by atoms with van der Waals surface area (Å²) in [7, 11) is 0. The zero-order valence-corrected chi connectivity index (χ0v) is 13.9. The predicted octanol–water partition coefficient (Wildman–Crippen LogP) is 0.832. The van der Waals surface area contributed by atoms with E-state index in [9.17, 15) is 9.59 Å². The Morgan fingerprint density at radius 2 is 2.00 bits per heavy atom. The SMILES string of the molecule is O=C(NCCNC(=O)C1CCN(c2cnccn2)CC1)c1ccco1. The molecule has 0 aliphatic carbocycles. The van der Waals surface area contributed by atoms with Crippen LogP contribution in [-0.2, 0) is 4.79 Å². The van der Waals surface area contributed by atoms with Crippen LogP contribution in [-0.4, -0.2) is 48.0 Å². The Kier molecular flexibility index (Phi) is 5.61. The zero-order valence-electron chi connectivity index (χ0n) is 13.9. The maximum Gasteiger partial charge on any atom is 0.287 e. The average molecular weight is 343 g/mol. The summed E-state index contributed by atoms with van der Waals surface area (Å²) in [4.78, 5) is 34.4. The lowest BCUT2D eigenvalue weighted by Crippen LogP contribution is -2.42. The first kappa shape index (κ1) is 16.9. The molecule has 0 atom stereocenters. The van der Waals surface area contributed by atoms with Gasteiger partial charge in [-0.2, -0.15) is 0 Å². The van der Waals surface area contributed by atoms with Crippen LogP contribution in [0.4, 0.5) is 5.82 Å². The van der Waals surface area contributed by atoms with Gasteiger partial charge >= 0.3 is 0 Å². The van der Waals surface area contributed by atoms with Crippen LogP contribution < -0.4 is 15.5 Å². The van der Waals surface area contributed by atoms with Gasteiger partial charge in [0.2, 0.25) is 5.91 Å². The highest BCUT2D eigenvalue weighted by Crippen LogP contribution is 2.21. The second-order valence-corrected chi connectivity index (χ2v) is 5.85. The molecule has 25 heavy (non-hydrogen) atoms. The summed E-state index contributed by atoms with van der Waals surface area (Å²) in [5.74, 6) is 0.862. The van der Waals surface area contributed by atoms with E-state index in [4.69, 9.17) is 4.42 Å². The number of hydrogen-bond donors (Lipinski definition) is 2. The van der Waals surface area contributed by atoms with Gasteiger partial charge in [-0.1, -0.05) is 0 Å². The number of anilines is 1. The molecular weight excluding hydrogens is 322 g/mol. The topological polar surface area (TPSA) is 100 Å². The molecule has 2 aromatic heterocycles.